The predicted octanol–water partition coefficient (Wildman–Crippen LogP) is 2.02. The smallest absolute Gasteiger partial charge is 0.168 e. The van der Waals surface area contributed by atoms with E-state index in [0.29, 0.717) is 29.4 Å². The first-order chi connectivity index (χ1) is 17.6. The van der Waals surface area contributed by atoms with Crippen LogP contribution in [-0.4, -0.2) is 68.3 Å². The number of aliphatic hydroxyl groups excluding tert-OH is 2. The van der Waals surface area contributed by atoms with Crippen LogP contribution in [0.25, 0.3) is 11.2 Å². The Labute approximate surface area is 209 Å². The molecule has 1 aromatic carbocycles. The van der Waals surface area contributed by atoms with E-state index in [1.165, 1.54) is 18.2 Å². The van der Waals surface area contributed by atoms with Gasteiger partial charge in [0.15, 0.2) is 23.2 Å². The minimum atomic E-state index is -1.16. The maximum atomic E-state index is 10.7. The van der Waals surface area contributed by atoms with E-state index in [4.69, 9.17) is 15.2 Å². The Balaban J connectivity index is 1.46. The van der Waals surface area contributed by atoms with Gasteiger partial charge in [-0.25, -0.2) is 15.0 Å². The van der Waals surface area contributed by atoms with Crippen molar-refractivity contribution in [1.82, 2.24) is 19.5 Å². The Morgan fingerprint density at radius 3 is 2.75 bits per heavy atom. The third-order valence-corrected chi connectivity index (χ3v) is 6.69. The van der Waals surface area contributed by atoms with Crippen molar-refractivity contribution in [3.05, 3.63) is 71.8 Å². The fourth-order valence-corrected chi connectivity index (χ4v) is 4.83. The topological polar surface area (TPSA) is 141 Å². The van der Waals surface area contributed by atoms with E-state index in [2.05, 4.69) is 50.6 Å². The SMILES string of the molecule is COC[C@H]1O[C@@H](n2cnc3c(NCC(C4=CCCC=C4)c4ccccc4)nc(CN)nc32)[C@H](O)[C@@H]1O. The van der Waals surface area contributed by atoms with Gasteiger partial charge in [-0.3, -0.25) is 4.57 Å². The lowest BCUT2D eigenvalue weighted by atomic mass is 9.88. The van der Waals surface area contributed by atoms with Crippen LogP contribution in [0.5, 0.6) is 0 Å². The number of benzene rings is 1. The molecule has 10 heteroatoms. The molecule has 0 bridgehead atoms. The maximum absolute atomic E-state index is 10.7. The van der Waals surface area contributed by atoms with Crippen LogP contribution in [0.1, 0.15) is 36.4 Å². The average Bonchev–Trinajstić information content (AvgIpc) is 3.46. The Morgan fingerprint density at radius 1 is 1.19 bits per heavy atom. The van der Waals surface area contributed by atoms with Crippen molar-refractivity contribution in [3.8, 4) is 0 Å². The predicted molar refractivity (Wildman–Crippen MR) is 135 cm³/mol. The number of anilines is 1. The van der Waals surface area contributed by atoms with Crippen LogP contribution in [0.2, 0.25) is 0 Å². The van der Waals surface area contributed by atoms with Crippen molar-refractivity contribution in [2.75, 3.05) is 25.6 Å². The molecule has 1 aliphatic carbocycles. The second-order valence-electron chi connectivity index (χ2n) is 9.05. The Kier molecular flexibility index (Phi) is 7.40. The fraction of sp³-hybridized carbons (Fsp3) is 0.423. The minimum absolute atomic E-state index is 0.126. The summed E-state index contributed by atoms with van der Waals surface area (Å²) in [4.78, 5) is 13.7. The summed E-state index contributed by atoms with van der Waals surface area (Å²) in [5.74, 6) is 1.12. The summed E-state index contributed by atoms with van der Waals surface area (Å²) in [5, 5.41) is 24.5. The summed E-state index contributed by atoms with van der Waals surface area (Å²) in [5.41, 5.74) is 9.39. The molecule has 1 unspecified atom stereocenters. The van der Waals surface area contributed by atoms with Crippen molar-refractivity contribution in [3.63, 3.8) is 0 Å². The number of rotatable bonds is 9. The molecule has 5 atom stereocenters. The zero-order valence-electron chi connectivity index (χ0n) is 20.2. The van der Waals surface area contributed by atoms with Gasteiger partial charge in [0.2, 0.25) is 0 Å². The van der Waals surface area contributed by atoms with Crippen molar-refractivity contribution in [2.45, 2.75) is 49.8 Å². The molecule has 0 spiro atoms. The summed E-state index contributed by atoms with van der Waals surface area (Å²) in [6.45, 7) is 0.886. The molecule has 3 heterocycles. The summed E-state index contributed by atoms with van der Waals surface area (Å²) < 4.78 is 12.6. The van der Waals surface area contributed by atoms with Gasteiger partial charge in [0.25, 0.3) is 0 Å². The highest BCUT2D eigenvalue weighted by Gasteiger charge is 2.44. The van der Waals surface area contributed by atoms with Crippen LogP contribution < -0.4 is 11.1 Å². The van der Waals surface area contributed by atoms with Crippen molar-refractivity contribution >= 4 is 17.0 Å². The molecule has 36 heavy (non-hydrogen) atoms. The number of nitrogens with zero attached hydrogens (tertiary/aromatic N) is 4. The molecule has 1 aliphatic heterocycles. The first-order valence-electron chi connectivity index (χ1n) is 12.2. The number of allylic oxidation sites excluding steroid dienone is 3. The summed E-state index contributed by atoms with van der Waals surface area (Å²) in [6.07, 6.45) is 6.52. The largest absolute Gasteiger partial charge is 0.387 e. The monoisotopic (exact) mass is 492 g/mol. The Hall–Kier alpha value is -3.15. The summed E-state index contributed by atoms with van der Waals surface area (Å²) in [6, 6.07) is 10.4. The second kappa shape index (κ2) is 10.9. The molecule has 5 rings (SSSR count). The van der Waals surface area contributed by atoms with Crippen molar-refractivity contribution in [1.29, 1.82) is 0 Å². The second-order valence-corrected chi connectivity index (χ2v) is 9.05. The minimum Gasteiger partial charge on any atom is -0.387 e. The molecule has 0 amide bonds. The molecular formula is C26H32N6O4. The fourth-order valence-electron chi connectivity index (χ4n) is 4.83. The van der Waals surface area contributed by atoms with Gasteiger partial charge < -0.3 is 30.7 Å². The van der Waals surface area contributed by atoms with Gasteiger partial charge in [0, 0.05) is 19.6 Å². The molecule has 10 nitrogen and oxygen atoms in total. The lowest BCUT2D eigenvalue weighted by Crippen LogP contribution is -2.33. The van der Waals surface area contributed by atoms with Crippen LogP contribution in [-0.2, 0) is 16.0 Å². The van der Waals surface area contributed by atoms with E-state index in [1.54, 1.807) is 10.9 Å². The number of aromatic nitrogens is 4. The van der Waals surface area contributed by atoms with E-state index >= 15 is 0 Å². The average molecular weight is 493 g/mol. The van der Waals surface area contributed by atoms with Gasteiger partial charge in [0.1, 0.15) is 24.1 Å². The number of aliphatic hydroxyl groups is 2. The molecule has 190 valence electrons. The molecule has 3 aromatic rings. The molecular weight excluding hydrogens is 460 g/mol. The van der Waals surface area contributed by atoms with Gasteiger partial charge in [-0.15, -0.1) is 0 Å². The standard InChI is InChI=1S/C26H32N6O4/c1-35-14-19-22(33)23(34)26(36-19)32-15-29-21-24(30-20(12-27)31-25(21)32)28-13-18(16-8-4-2-5-9-16)17-10-6-3-7-11-17/h2,4-6,8-11,15,18-19,22-23,26,33-34H,3,7,12-14,27H2,1H3,(H,28,30,31)/t18?,19-,22-,23-,26-/m1/s1. The molecule has 0 radical (unpaired) electrons. The Bertz CT molecular complexity index is 1240. The quantitative estimate of drug-likeness (QED) is 0.353. The third kappa shape index (κ3) is 4.78. The van der Waals surface area contributed by atoms with E-state index in [-0.39, 0.29) is 19.1 Å². The van der Waals surface area contributed by atoms with Crippen LogP contribution in [0.15, 0.2) is 60.5 Å². The first-order valence-corrected chi connectivity index (χ1v) is 12.2. The van der Waals surface area contributed by atoms with Crippen molar-refractivity contribution in [2.24, 2.45) is 5.73 Å². The summed E-state index contributed by atoms with van der Waals surface area (Å²) >= 11 is 0. The van der Waals surface area contributed by atoms with E-state index < -0.39 is 24.5 Å². The highest BCUT2D eigenvalue weighted by Crippen LogP contribution is 2.33. The molecule has 0 saturated carbocycles. The molecule has 2 aliphatic rings. The van der Waals surface area contributed by atoms with Gasteiger partial charge in [0.05, 0.1) is 19.5 Å². The van der Waals surface area contributed by atoms with E-state index in [9.17, 15) is 10.2 Å². The molecule has 5 N–H and O–H groups in total. The normalized spacial score (nSPS) is 24.7. The van der Waals surface area contributed by atoms with Crippen LogP contribution >= 0.6 is 0 Å². The van der Waals surface area contributed by atoms with E-state index in [1.807, 2.05) is 18.2 Å². The maximum Gasteiger partial charge on any atom is 0.168 e. The number of ether oxygens (including phenoxy) is 2. The number of nitrogens with one attached hydrogen (secondary N) is 1. The molecule has 1 saturated heterocycles. The number of nitrogens with two attached hydrogens (primary N) is 1. The van der Waals surface area contributed by atoms with Gasteiger partial charge in [-0.1, -0.05) is 48.6 Å². The van der Waals surface area contributed by atoms with Gasteiger partial charge in [-0.05, 0) is 24.0 Å². The third-order valence-electron chi connectivity index (χ3n) is 6.69. The van der Waals surface area contributed by atoms with Crippen LogP contribution in [0.3, 0.4) is 0 Å². The number of methoxy groups -OCH3 is 1. The molecule has 1 fully saturated rings. The van der Waals surface area contributed by atoms with Crippen molar-refractivity contribution < 1.29 is 19.7 Å². The van der Waals surface area contributed by atoms with Crippen LogP contribution in [0, 0.1) is 0 Å². The lowest BCUT2D eigenvalue weighted by Gasteiger charge is -2.22. The Morgan fingerprint density at radius 2 is 2.03 bits per heavy atom. The lowest BCUT2D eigenvalue weighted by molar-refractivity contribution is -0.0580. The number of imidazole rings is 1. The first kappa shape index (κ1) is 24.5. The zero-order valence-corrected chi connectivity index (χ0v) is 20.2. The number of fused-ring (bicyclic) bond motifs is 1. The highest BCUT2D eigenvalue weighted by atomic mass is 16.6. The van der Waals surface area contributed by atoms with Gasteiger partial charge >= 0.3 is 0 Å². The highest BCUT2D eigenvalue weighted by molar-refractivity contribution is 5.83. The summed E-state index contributed by atoms with van der Waals surface area (Å²) in [7, 11) is 1.52. The van der Waals surface area contributed by atoms with E-state index in [0.717, 1.165) is 12.8 Å². The number of hydrogen-bond acceptors (Lipinski definition) is 9. The number of hydrogen-bond donors (Lipinski definition) is 4. The van der Waals surface area contributed by atoms with Gasteiger partial charge in [-0.2, -0.15) is 0 Å². The molecule has 2 aromatic heterocycles. The van der Waals surface area contributed by atoms with Crippen LogP contribution in [0.4, 0.5) is 5.82 Å². The zero-order chi connectivity index (χ0) is 25.1.